The van der Waals surface area contributed by atoms with E-state index in [1.54, 1.807) is 0 Å². The van der Waals surface area contributed by atoms with Crippen molar-refractivity contribution in [2.75, 3.05) is 4.90 Å². The van der Waals surface area contributed by atoms with Crippen molar-refractivity contribution >= 4 is 34.3 Å². The molecule has 1 amide bonds. The number of nitrogens with zero attached hydrogens (tertiary/aromatic N) is 3. The molecule has 1 aromatic heterocycles. The summed E-state index contributed by atoms with van der Waals surface area (Å²) in [4.78, 5) is 33.6. The first-order valence-corrected chi connectivity index (χ1v) is 12.0. The maximum atomic E-state index is 13.5. The van der Waals surface area contributed by atoms with Gasteiger partial charge in [-0.3, -0.25) is 14.2 Å². The van der Waals surface area contributed by atoms with Crippen molar-refractivity contribution in [2.24, 2.45) is 0 Å². The molecule has 31 heavy (non-hydrogen) atoms. The van der Waals surface area contributed by atoms with Gasteiger partial charge in [-0.1, -0.05) is 54.9 Å². The molecule has 160 valence electrons. The normalized spacial score (nSPS) is 19.7. The highest BCUT2D eigenvalue weighted by Gasteiger charge is 2.34. The number of thioether (sulfide) groups is 1. The molecule has 0 unspecified atom stereocenters. The molecule has 0 bridgehead atoms. The van der Waals surface area contributed by atoms with Crippen molar-refractivity contribution < 1.29 is 4.79 Å². The SMILES string of the molecule is C[C@@H]1Cc2ccccc2N1C(=O)[C@@H](C)Sc1nc2ccccc2c(=O)n1C1CCCC1. The molecule has 5 rings (SSSR count). The number of para-hydroxylation sites is 2. The molecule has 6 heteroatoms. The summed E-state index contributed by atoms with van der Waals surface area (Å²) in [6.07, 6.45) is 5.12. The quantitative estimate of drug-likeness (QED) is 0.431. The third-order valence-corrected chi connectivity index (χ3v) is 7.59. The zero-order valence-corrected chi connectivity index (χ0v) is 18.8. The van der Waals surface area contributed by atoms with Gasteiger partial charge < -0.3 is 4.90 Å². The van der Waals surface area contributed by atoms with Crippen molar-refractivity contribution in [3.8, 4) is 0 Å². The molecule has 0 radical (unpaired) electrons. The first-order valence-electron chi connectivity index (χ1n) is 11.1. The summed E-state index contributed by atoms with van der Waals surface area (Å²) >= 11 is 1.42. The van der Waals surface area contributed by atoms with Gasteiger partial charge in [-0.2, -0.15) is 0 Å². The van der Waals surface area contributed by atoms with Crippen molar-refractivity contribution in [1.29, 1.82) is 0 Å². The smallest absolute Gasteiger partial charge is 0.262 e. The predicted octanol–water partition coefficient (Wildman–Crippen LogP) is 4.97. The Hall–Kier alpha value is -2.60. The highest BCUT2D eigenvalue weighted by molar-refractivity contribution is 8.00. The minimum Gasteiger partial charge on any atom is -0.308 e. The fraction of sp³-hybridized carbons (Fsp3) is 0.400. The van der Waals surface area contributed by atoms with Gasteiger partial charge in [-0.15, -0.1) is 0 Å². The molecule has 0 spiro atoms. The molecule has 1 aliphatic heterocycles. The van der Waals surface area contributed by atoms with Gasteiger partial charge in [0.25, 0.3) is 5.56 Å². The molecule has 1 saturated carbocycles. The Balaban J connectivity index is 1.50. The summed E-state index contributed by atoms with van der Waals surface area (Å²) in [5.41, 5.74) is 2.93. The maximum Gasteiger partial charge on any atom is 0.262 e. The standard InChI is InChI=1S/C25H27N3O2S/c1-16-15-18-9-3-8-14-22(18)27(16)23(29)17(2)31-25-26-21-13-7-6-12-20(21)24(30)28(25)19-10-4-5-11-19/h3,6-9,12-14,16-17,19H,4-5,10-11,15H2,1-2H3/t16-,17-/m1/s1. The largest absolute Gasteiger partial charge is 0.308 e. The van der Waals surface area contributed by atoms with Gasteiger partial charge in [0.1, 0.15) is 0 Å². The van der Waals surface area contributed by atoms with Crippen LogP contribution >= 0.6 is 11.8 Å². The summed E-state index contributed by atoms with van der Waals surface area (Å²) < 4.78 is 1.87. The molecule has 0 N–H and O–H groups in total. The lowest BCUT2D eigenvalue weighted by Gasteiger charge is -2.26. The third-order valence-electron chi connectivity index (χ3n) is 6.54. The Morgan fingerprint density at radius 2 is 1.81 bits per heavy atom. The fourth-order valence-corrected chi connectivity index (χ4v) is 6.03. The summed E-state index contributed by atoms with van der Waals surface area (Å²) in [5, 5.41) is 0.978. The van der Waals surface area contributed by atoms with Crippen LogP contribution in [0.4, 0.5) is 5.69 Å². The van der Waals surface area contributed by atoms with E-state index >= 15 is 0 Å². The van der Waals surface area contributed by atoms with E-state index in [0.29, 0.717) is 16.1 Å². The van der Waals surface area contributed by atoms with E-state index in [4.69, 9.17) is 4.98 Å². The van der Waals surface area contributed by atoms with Crippen LogP contribution in [0.2, 0.25) is 0 Å². The predicted molar refractivity (Wildman–Crippen MR) is 126 cm³/mol. The highest BCUT2D eigenvalue weighted by Crippen LogP contribution is 2.36. The molecule has 2 heterocycles. The fourth-order valence-electron chi connectivity index (χ4n) is 5.00. The van der Waals surface area contributed by atoms with Crippen LogP contribution in [-0.4, -0.2) is 26.8 Å². The van der Waals surface area contributed by atoms with E-state index in [0.717, 1.165) is 37.8 Å². The molecule has 2 aromatic carbocycles. The number of carbonyl (C=O) groups excluding carboxylic acids is 1. The number of rotatable bonds is 4. The van der Waals surface area contributed by atoms with Gasteiger partial charge in [-0.05, 0) is 56.9 Å². The van der Waals surface area contributed by atoms with Crippen LogP contribution in [0, 0.1) is 0 Å². The van der Waals surface area contributed by atoms with E-state index < -0.39 is 0 Å². The topological polar surface area (TPSA) is 55.2 Å². The second kappa shape index (κ2) is 8.15. The summed E-state index contributed by atoms with van der Waals surface area (Å²) in [7, 11) is 0. The average Bonchev–Trinajstić information content (AvgIpc) is 3.40. The molecule has 2 aliphatic rings. The number of amides is 1. The zero-order valence-electron chi connectivity index (χ0n) is 18.0. The van der Waals surface area contributed by atoms with Crippen LogP contribution in [0.25, 0.3) is 10.9 Å². The molecule has 1 aliphatic carbocycles. The van der Waals surface area contributed by atoms with Crippen molar-refractivity contribution in [3.05, 3.63) is 64.4 Å². The zero-order chi connectivity index (χ0) is 21.5. The average molecular weight is 434 g/mol. The van der Waals surface area contributed by atoms with Gasteiger partial charge in [0, 0.05) is 17.8 Å². The maximum absolute atomic E-state index is 13.5. The number of fused-ring (bicyclic) bond motifs is 2. The Bertz CT molecular complexity index is 1200. The van der Waals surface area contributed by atoms with Crippen molar-refractivity contribution in [2.45, 2.75) is 68.4 Å². The van der Waals surface area contributed by atoms with Crippen LogP contribution in [0.15, 0.2) is 58.5 Å². The monoisotopic (exact) mass is 433 g/mol. The van der Waals surface area contributed by atoms with Crippen LogP contribution in [0.1, 0.15) is 51.1 Å². The molecule has 5 nitrogen and oxygen atoms in total. The Kier molecular flexibility index (Phi) is 5.34. The Morgan fingerprint density at radius 3 is 2.61 bits per heavy atom. The molecular weight excluding hydrogens is 406 g/mol. The summed E-state index contributed by atoms with van der Waals surface area (Å²) in [5.74, 6) is 0.0721. The second-order valence-corrected chi connectivity index (χ2v) is 9.98. The summed E-state index contributed by atoms with van der Waals surface area (Å²) in [6, 6.07) is 15.9. The third kappa shape index (κ3) is 3.57. The van der Waals surface area contributed by atoms with Gasteiger partial charge in [0.05, 0.1) is 16.2 Å². The Labute approximate surface area is 186 Å². The second-order valence-electron chi connectivity index (χ2n) is 8.68. The van der Waals surface area contributed by atoms with Gasteiger partial charge >= 0.3 is 0 Å². The lowest BCUT2D eigenvalue weighted by molar-refractivity contribution is -0.118. The van der Waals surface area contributed by atoms with Crippen molar-refractivity contribution in [3.63, 3.8) is 0 Å². The Morgan fingerprint density at radius 1 is 1.10 bits per heavy atom. The van der Waals surface area contributed by atoms with Crippen molar-refractivity contribution in [1.82, 2.24) is 9.55 Å². The number of hydrogen-bond donors (Lipinski definition) is 0. The van der Waals surface area contributed by atoms with Crippen LogP contribution in [-0.2, 0) is 11.2 Å². The van der Waals surface area contributed by atoms with Gasteiger partial charge in [0.2, 0.25) is 5.91 Å². The minimum absolute atomic E-state index is 0.0135. The first-order chi connectivity index (χ1) is 15.0. The van der Waals surface area contributed by atoms with Gasteiger partial charge in [0.15, 0.2) is 5.16 Å². The minimum atomic E-state index is -0.339. The van der Waals surface area contributed by atoms with E-state index in [1.807, 2.05) is 58.9 Å². The molecule has 3 aromatic rings. The van der Waals surface area contributed by atoms with Crippen LogP contribution in [0.3, 0.4) is 0 Å². The van der Waals surface area contributed by atoms with E-state index in [9.17, 15) is 9.59 Å². The first kappa shape index (κ1) is 20.3. The molecule has 1 fully saturated rings. The summed E-state index contributed by atoms with van der Waals surface area (Å²) in [6.45, 7) is 4.03. The number of hydrogen-bond acceptors (Lipinski definition) is 4. The van der Waals surface area contributed by atoms with Crippen LogP contribution < -0.4 is 10.5 Å². The number of anilines is 1. The van der Waals surface area contributed by atoms with E-state index in [2.05, 4.69) is 13.0 Å². The molecular formula is C25H27N3O2S. The van der Waals surface area contributed by atoms with Crippen LogP contribution in [0.5, 0.6) is 0 Å². The van der Waals surface area contributed by atoms with E-state index in [1.165, 1.54) is 17.3 Å². The highest BCUT2D eigenvalue weighted by atomic mass is 32.2. The lowest BCUT2D eigenvalue weighted by atomic mass is 10.1. The van der Waals surface area contributed by atoms with E-state index in [-0.39, 0.29) is 28.8 Å². The number of benzene rings is 2. The number of aromatic nitrogens is 2. The molecule has 0 saturated heterocycles. The molecule has 2 atom stereocenters. The lowest BCUT2D eigenvalue weighted by Crippen LogP contribution is -2.40. The number of carbonyl (C=O) groups is 1. The van der Waals surface area contributed by atoms with Gasteiger partial charge in [-0.25, -0.2) is 4.98 Å².